The lowest BCUT2D eigenvalue weighted by molar-refractivity contribution is 0.579. The third-order valence-electron chi connectivity index (χ3n) is 2.19. The Labute approximate surface area is 108 Å². The number of hydrogen-bond acceptors (Lipinski definition) is 3. The second-order valence-electron chi connectivity index (χ2n) is 3.48. The maximum Gasteiger partial charge on any atom is 0.242 e. The molecule has 2 aromatic rings. The predicted molar refractivity (Wildman–Crippen MR) is 64.0 cm³/mol. The van der Waals surface area contributed by atoms with Gasteiger partial charge in [0.25, 0.3) is 0 Å². The van der Waals surface area contributed by atoms with Crippen LogP contribution < -0.4 is 4.72 Å². The molecule has 18 heavy (non-hydrogen) atoms. The molecule has 0 aliphatic carbocycles. The van der Waals surface area contributed by atoms with Crippen LogP contribution in [0, 0.1) is 5.82 Å². The number of sulfonamides is 1. The molecule has 8 heteroatoms. The van der Waals surface area contributed by atoms with Crippen LogP contribution in [-0.4, -0.2) is 18.4 Å². The molecule has 1 heterocycles. The van der Waals surface area contributed by atoms with E-state index >= 15 is 0 Å². The minimum Gasteiger partial charge on any atom is -0.347 e. The van der Waals surface area contributed by atoms with Gasteiger partial charge in [0.05, 0.1) is 17.9 Å². The van der Waals surface area contributed by atoms with E-state index in [0.29, 0.717) is 5.69 Å². The van der Waals surface area contributed by atoms with E-state index in [0.717, 1.165) is 18.2 Å². The molecule has 0 aliphatic rings. The van der Waals surface area contributed by atoms with Crippen molar-refractivity contribution in [2.24, 2.45) is 0 Å². The average molecular weight is 290 g/mol. The summed E-state index contributed by atoms with van der Waals surface area (Å²) in [5.41, 5.74) is 0.608. The third-order valence-corrected chi connectivity index (χ3v) is 4.08. The summed E-state index contributed by atoms with van der Waals surface area (Å²) in [6, 6.07) is 3.11. The molecule has 0 saturated heterocycles. The molecule has 5 nitrogen and oxygen atoms in total. The van der Waals surface area contributed by atoms with Gasteiger partial charge in [0.15, 0.2) is 0 Å². The van der Waals surface area contributed by atoms with Crippen molar-refractivity contribution in [2.45, 2.75) is 11.4 Å². The summed E-state index contributed by atoms with van der Waals surface area (Å²) in [5.74, 6) is -0.590. The summed E-state index contributed by atoms with van der Waals surface area (Å²) in [4.78, 5) is 6.35. The fourth-order valence-electron chi connectivity index (χ4n) is 1.33. The zero-order chi connectivity index (χ0) is 13.2. The van der Waals surface area contributed by atoms with E-state index in [1.807, 2.05) is 0 Å². The van der Waals surface area contributed by atoms with Crippen LogP contribution >= 0.6 is 11.6 Å². The van der Waals surface area contributed by atoms with Crippen molar-refractivity contribution in [1.29, 1.82) is 0 Å². The first-order valence-corrected chi connectivity index (χ1v) is 6.77. The lowest BCUT2D eigenvalue weighted by Gasteiger charge is -2.07. The van der Waals surface area contributed by atoms with Crippen molar-refractivity contribution in [2.75, 3.05) is 0 Å². The summed E-state index contributed by atoms with van der Waals surface area (Å²) in [6.45, 7) is 0.0516. The SMILES string of the molecule is O=S(=O)(NCc1cnc[nH]1)c1ccc(F)cc1Cl. The summed E-state index contributed by atoms with van der Waals surface area (Å²) in [7, 11) is -3.78. The summed E-state index contributed by atoms with van der Waals surface area (Å²) >= 11 is 5.70. The van der Waals surface area contributed by atoms with Crippen LogP contribution in [0.15, 0.2) is 35.6 Å². The van der Waals surface area contributed by atoms with Crippen LogP contribution in [0.1, 0.15) is 5.69 Å². The zero-order valence-corrected chi connectivity index (χ0v) is 10.6. The molecular weight excluding hydrogens is 281 g/mol. The molecule has 0 radical (unpaired) electrons. The maximum atomic E-state index is 12.8. The molecule has 2 N–H and O–H groups in total. The average Bonchev–Trinajstić information content (AvgIpc) is 2.78. The van der Waals surface area contributed by atoms with Crippen LogP contribution in [0.25, 0.3) is 0 Å². The Morgan fingerprint density at radius 2 is 2.22 bits per heavy atom. The molecule has 0 bridgehead atoms. The van der Waals surface area contributed by atoms with Crippen LogP contribution in [0.3, 0.4) is 0 Å². The van der Waals surface area contributed by atoms with E-state index in [2.05, 4.69) is 14.7 Å². The molecule has 0 fully saturated rings. The first-order valence-electron chi connectivity index (χ1n) is 4.91. The van der Waals surface area contributed by atoms with E-state index in [4.69, 9.17) is 11.6 Å². The van der Waals surface area contributed by atoms with Gasteiger partial charge in [0.1, 0.15) is 10.7 Å². The van der Waals surface area contributed by atoms with Gasteiger partial charge < -0.3 is 4.98 Å². The number of aromatic nitrogens is 2. The van der Waals surface area contributed by atoms with Crippen molar-refractivity contribution in [3.8, 4) is 0 Å². The molecule has 0 aliphatic heterocycles. The third kappa shape index (κ3) is 2.87. The first kappa shape index (κ1) is 13.0. The van der Waals surface area contributed by atoms with Gasteiger partial charge >= 0.3 is 0 Å². The van der Waals surface area contributed by atoms with Gasteiger partial charge in [-0.2, -0.15) is 0 Å². The Balaban J connectivity index is 2.20. The molecule has 0 atom stereocenters. The lowest BCUT2D eigenvalue weighted by Crippen LogP contribution is -2.23. The van der Waals surface area contributed by atoms with Crippen molar-refractivity contribution in [1.82, 2.24) is 14.7 Å². The molecule has 1 aromatic heterocycles. The van der Waals surface area contributed by atoms with Crippen molar-refractivity contribution < 1.29 is 12.8 Å². The van der Waals surface area contributed by atoms with E-state index in [9.17, 15) is 12.8 Å². The van der Waals surface area contributed by atoms with Gasteiger partial charge in [0, 0.05) is 11.9 Å². The Bertz CT molecular complexity index is 643. The van der Waals surface area contributed by atoms with Gasteiger partial charge in [-0.05, 0) is 18.2 Å². The van der Waals surface area contributed by atoms with Gasteiger partial charge in [-0.15, -0.1) is 0 Å². The highest BCUT2D eigenvalue weighted by molar-refractivity contribution is 7.89. The Kier molecular flexibility index (Phi) is 3.65. The number of nitrogens with one attached hydrogen (secondary N) is 2. The number of rotatable bonds is 4. The Morgan fingerprint density at radius 3 is 2.83 bits per heavy atom. The van der Waals surface area contributed by atoms with Crippen molar-refractivity contribution in [3.63, 3.8) is 0 Å². The quantitative estimate of drug-likeness (QED) is 0.899. The molecule has 0 amide bonds. The molecule has 2 rings (SSSR count). The van der Waals surface area contributed by atoms with Gasteiger partial charge in [-0.1, -0.05) is 11.6 Å². The molecule has 0 spiro atoms. The largest absolute Gasteiger partial charge is 0.347 e. The number of imidazole rings is 1. The topological polar surface area (TPSA) is 74.8 Å². The van der Waals surface area contributed by atoms with Crippen LogP contribution in [0.5, 0.6) is 0 Å². The summed E-state index contributed by atoms with van der Waals surface area (Å²) < 4.78 is 39.0. The summed E-state index contributed by atoms with van der Waals surface area (Å²) in [6.07, 6.45) is 2.93. The smallest absolute Gasteiger partial charge is 0.242 e. The first-order chi connectivity index (χ1) is 8.49. The standard InChI is InChI=1S/C10H9ClFN3O2S/c11-9-3-7(12)1-2-10(9)18(16,17)15-5-8-4-13-6-14-8/h1-4,6,15H,5H2,(H,13,14). The highest BCUT2D eigenvalue weighted by atomic mass is 35.5. The Morgan fingerprint density at radius 1 is 1.44 bits per heavy atom. The fraction of sp³-hybridized carbons (Fsp3) is 0.100. The van der Waals surface area contributed by atoms with Gasteiger partial charge in [-0.3, -0.25) is 0 Å². The molecular formula is C10H9ClFN3O2S. The highest BCUT2D eigenvalue weighted by Gasteiger charge is 2.18. The highest BCUT2D eigenvalue weighted by Crippen LogP contribution is 2.22. The number of benzene rings is 1. The number of hydrogen-bond donors (Lipinski definition) is 2. The number of nitrogens with zero attached hydrogens (tertiary/aromatic N) is 1. The zero-order valence-electron chi connectivity index (χ0n) is 9.02. The summed E-state index contributed by atoms with van der Waals surface area (Å²) in [5, 5.41) is -0.160. The predicted octanol–water partition coefficient (Wildman–Crippen LogP) is 1.68. The number of H-pyrrole nitrogens is 1. The van der Waals surface area contributed by atoms with Gasteiger partial charge in [-0.25, -0.2) is 22.5 Å². The van der Waals surface area contributed by atoms with Crippen LogP contribution in [-0.2, 0) is 16.6 Å². The van der Waals surface area contributed by atoms with E-state index in [1.54, 1.807) is 0 Å². The molecule has 0 saturated carbocycles. The normalized spacial score (nSPS) is 11.7. The maximum absolute atomic E-state index is 12.8. The van der Waals surface area contributed by atoms with E-state index < -0.39 is 15.8 Å². The second-order valence-corrected chi connectivity index (χ2v) is 5.62. The van der Waals surface area contributed by atoms with Crippen LogP contribution in [0.2, 0.25) is 5.02 Å². The Hall–Kier alpha value is -1.44. The molecule has 0 unspecified atom stereocenters. The van der Waals surface area contributed by atoms with Crippen molar-refractivity contribution >= 4 is 21.6 Å². The molecule has 1 aromatic carbocycles. The molecule has 96 valence electrons. The van der Waals surface area contributed by atoms with Crippen molar-refractivity contribution in [3.05, 3.63) is 47.3 Å². The number of aromatic amines is 1. The van der Waals surface area contributed by atoms with Crippen LogP contribution in [0.4, 0.5) is 4.39 Å². The van der Waals surface area contributed by atoms with E-state index in [1.165, 1.54) is 12.5 Å². The fourth-order valence-corrected chi connectivity index (χ4v) is 2.86. The minimum absolute atomic E-state index is 0.0516. The second kappa shape index (κ2) is 5.05. The minimum atomic E-state index is -3.78. The number of halogens is 2. The van der Waals surface area contributed by atoms with E-state index in [-0.39, 0.29) is 16.5 Å². The monoisotopic (exact) mass is 289 g/mol. The lowest BCUT2D eigenvalue weighted by atomic mass is 10.3. The van der Waals surface area contributed by atoms with Gasteiger partial charge in [0.2, 0.25) is 10.0 Å².